The smallest absolute Gasteiger partial charge is 0.0907 e. The van der Waals surface area contributed by atoms with Crippen molar-refractivity contribution in [3.05, 3.63) is 29.3 Å². The van der Waals surface area contributed by atoms with Crippen molar-refractivity contribution < 1.29 is 9.84 Å². The third-order valence-corrected chi connectivity index (χ3v) is 4.84. The zero-order chi connectivity index (χ0) is 13.5. The normalized spacial score (nSPS) is 32.6. The van der Waals surface area contributed by atoms with Crippen LogP contribution in [0.15, 0.2) is 18.2 Å². The van der Waals surface area contributed by atoms with Gasteiger partial charge in [0.1, 0.15) is 0 Å². The molecular formula is C16H23NO2. The molecule has 3 rings (SSSR count). The number of aliphatic hydroxyl groups is 1. The van der Waals surface area contributed by atoms with Crippen LogP contribution in [0, 0.1) is 6.92 Å². The molecule has 3 atom stereocenters. The highest BCUT2D eigenvalue weighted by Crippen LogP contribution is 2.48. The van der Waals surface area contributed by atoms with Crippen LogP contribution in [-0.4, -0.2) is 30.0 Å². The number of rotatable bonds is 3. The zero-order valence-corrected chi connectivity index (χ0v) is 11.8. The molecule has 3 heteroatoms. The molecule has 0 saturated carbocycles. The van der Waals surface area contributed by atoms with Gasteiger partial charge >= 0.3 is 0 Å². The van der Waals surface area contributed by atoms with Crippen LogP contribution in [0.25, 0.3) is 0 Å². The first kappa shape index (κ1) is 12.9. The monoisotopic (exact) mass is 261 g/mol. The lowest BCUT2D eigenvalue weighted by Crippen LogP contribution is -2.53. The molecular weight excluding hydrogens is 238 g/mol. The largest absolute Gasteiger partial charge is 0.396 e. The number of nitrogens with one attached hydrogen (secondary N) is 1. The molecule has 3 unspecified atom stereocenters. The van der Waals surface area contributed by atoms with E-state index < -0.39 is 0 Å². The second kappa shape index (κ2) is 4.80. The van der Waals surface area contributed by atoms with Gasteiger partial charge in [0.15, 0.2) is 0 Å². The fourth-order valence-corrected chi connectivity index (χ4v) is 3.78. The highest BCUT2D eigenvalue weighted by atomic mass is 16.5. The van der Waals surface area contributed by atoms with E-state index in [9.17, 15) is 5.11 Å². The summed E-state index contributed by atoms with van der Waals surface area (Å²) >= 11 is 0. The predicted octanol–water partition coefficient (Wildman–Crippen LogP) is 2.82. The molecule has 1 fully saturated rings. The fraction of sp³-hybridized carbons (Fsp3) is 0.625. The van der Waals surface area contributed by atoms with Crippen molar-refractivity contribution in [2.45, 2.75) is 50.7 Å². The standard InChI is InChI=1S/C16H23NO2/c1-3-16(7-8-18)15-12(6-9-19-16)13-10-11(2)4-5-14(13)17-15/h4-5,10,12,15,17-18H,3,6-9H2,1-2H3. The van der Waals surface area contributed by atoms with Gasteiger partial charge in [-0.2, -0.15) is 0 Å². The molecule has 0 spiro atoms. The number of aliphatic hydroxyl groups excluding tert-OH is 1. The Morgan fingerprint density at radius 1 is 1.47 bits per heavy atom. The second-order valence-electron chi connectivity index (χ2n) is 5.85. The number of ether oxygens (including phenoxy) is 1. The van der Waals surface area contributed by atoms with Crippen molar-refractivity contribution in [2.75, 3.05) is 18.5 Å². The van der Waals surface area contributed by atoms with Crippen molar-refractivity contribution in [1.82, 2.24) is 0 Å². The van der Waals surface area contributed by atoms with Crippen molar-refractivity contribution in [1.29, 1.82) is 0 Å². The van der Waals surface area contributed by atoms with E-state index in [1.54, 1.807) is 0 Å². The number of aryl methyl sites for hydroxylation is 1. The average Bonchev–Trinajstić information content (AvgIpc) is 2.78. The van der Waals surface area contributed by atoms with Crippen LogP contribution in [0.1, 0.15) is 43.2 Å². The summed E-state index contributed by atoms with van der Waals surface area (Å²) in [7, 11) is 0. The quantitative estimate of drug-likeness (QED) is 0.879. The SMILES string of the molecule is CCC1(CCO)OCCC2c3cc(C)ccc3NC21. The summed E-state index contributed by atoms with van der Waals surface area (Å²) in [6.07, 6.45) is 2.72. The second-order valence-corrected chi connectivity index (χ2v) is 5.85. The molecule has 2 aliphatic heterocycles. The average molecular weight is 261 g/mol. The van der Waals surface area contributed by atoms with Gasteiger partial charge < -0.3 is 15.2 Å². The van der Waals surface area contributed by atoms with Crippen LogP contribution in [0.2, 0.25) is 0 Å². The van der Waals surface area contributed by atoms with E-state index in [2.05, 4.69) is 37.4 Å². The van der Waals surface area contributed by atoms with Crippen LogP contribution < -0.4 is 5.32 Å². The topological polar surface area (TPSA) is 41.5 Å². The number of benzene rings is 1. The van der Waals surface area contributed by atoms with Crippen LogP contribution in [0.5, 0.6) is 0 Å². The van der Waals surface area contributed by atoms with Gasteiger partial charge in [0, 0.05) is 31.2 Å². The highest BCUT2D eigenvalue weighted by molar-refractivity contribution is 5.61. The number of anilines is 1. The zero-order valence-electron chi connectivity index (χ0n) is 11.8. The van der Waals surface area contributed by atoms with Crippen molar-refractivity contribution in [2.24, 2.45) is 0 Å². The van der Waals surface area contributed by atoms with E-state index in [-0.39, 0.29) is 12.2 Å². The molecule has 0 amide bonds. The summed E-state index contributed by atoms with van der Waals surface area (Å²) in [6.45, 7) is 5.29. The van der Waals surface area contributed by atoms with Gasteiger partial charge in [0.2, 0.25) is 0 Å². The van der Waals surface area contributed by atoms with Crippen molar-refractivity contribution in [3.63, 3.8) is 0 Å². The number of hydrogen-bond acceptors (Lipinski definition) is 3. The Kier molecular flexibility index (Phi) is 3.27. The maximum Gasteiger partial charge on any atom is 0.0907 e. The maximum atomic E-state index is 9.39. The lowest BCUT2D eigenvalue weighted by atomic mass is 9.76. The summed E-state index contributed by atoms with van der Waals surface area (Å²) in [5.41, 5.74) is 3.78. The van der Waals surface area contributed by atoms with Gasteiger partial charge in [-0.25, -0.2) is 0 Å². The molecule has 0 radical (unpaired) electrons. The fourth-order valence-electron chi connectivity index (χ4n) is 3.78. The van der Waals surface area contributed by atoms with E-state index in [4.69, 9.17) is 4.74 Å². The molecule has 0 aromatic heterocycles. The molecule has 1 aromatic carbocycles. The first-order valence-electron chi connectivity index (χ1n) is 7.32. The molecule has 104 valence electrons. The van der Waals surface area contributed by atoms with Gasteiger partial charge in [-0.1, -0.05) is 24.6 Å². The summed E-state index contributed by atoms with van der Waals surface area (Å²) in [6, 6.07) is 6.94. The molecule has 1 aromatic rings. The minimum Gasteiger partial charge on any atom is -0.396 e. The van der Waals surface area contributed by atoms with Crippen LogP contribution in [0.4, 0.5) is 5.69 Å². The van der Waals surface area contributed by atoms with Crippen LogP contribution in [-0.2, 0) is 4.74 Å². The Hall–Kier alpha value is -1.06. The first-order valence-corrected chi connectivity index (χ1v) is 7.32. The molecule has 2 heterocycles. The summed E-state index contributed by atoms with van der Waals surface area (Å²) in [5, 5.41) is 13.0. The van der Waals surface area contributed by atoms with E-state index in [0.717, 1.165) is 19.4 Å². The van der Waals surface area contributed by atoms with Gasteiger partial charge in [-0.15, -0.1) is 0 Å². The Morgan fingerprint density at radius 2 is 2.32 bits per heavy atom. The minimum absolute atomic E-state index is 0.189. The molecule has 3 nitrogen and oxygen atoms in total. The van der Waals surface area contributed by atoms with E-state index in [0.29, 0.717) is 18.4 Å². The Balaban J connectivity index is 1.97. The lowest BCUT2D eigenvalue weighted by molar-refractivity contribution is -0.105. The molecule has 0 aliphatic carbocycles. The van der Waals surface area contributed by atoms with E-state index in [1.807, 2.05) is 0 Å². The van der Waals surface area contributed by atoms with Crippen LogP contribution in [0.3, 0.4) is 0 Å². The molecule has 1 saturated heterocycles. The van der Waals surface area contributed by atoms with Gasteiger partial charge in [0.25, 0.3) is 0 Å². The summed E-state index contributed by atoms with van der Waals surface area (Å²) in [5.74, 6) is 0.523. The predicted molar refractivity (Wildman–Crippen MR) is 76.6 cm³/mol. The van der Waals surface area contributed by atoms with Gasteiger partial charge in [0.05, 0.1) is 11.6 Å². The third-order valence-electron chi connectivity index (χ3n) is 4.84. The van der Waals surface area contributed by atoms with Crippen molar-refractivity contribution >= 4 is 5.69 Å². The van der Waals surface area contributed by atoms with Crippen molar-refractivity contribution in [3.8, 4) is 0 Å². The Labute approximate surface area is 115 Å². The Morgan fingerprint density at radius 3 is 3.05 bits per heavy atom. The first-order chi connectivity index (χ1) is 9.20. The third kappa shape index (κ3) is 1.96. The van der Waals surface area contributed by atoms with E-state index >= 15 is 0 Å². The highest BCUT2D eigenvalue weighted by Gasteiger charge is 2.49. The lowest BCUT2D eigenvalue weighted by Gasteiger charge is -2.45. The van der Waals surface area contributed by atoms with Gasteiger partial charge in [-0.05, 0) is 31.4 Å². The number of fused-ring (bicyclic) bond motifs is 3. The molecule has 2 N–H and O–H groups in total. The molecule has 2 aliphatic rings. The minimum atomic E-state index is -0.218. The van der Waals surface area contributed by atoms with E-state index in [1.165, 1.54) is 16.8 Å². The van der Waals surface area contributed by atoms with Gasteiger partial charge in [-0.3, -0.25) is 0 Å². The maximum absolute atomic E-state index is 9.39. The summed E-state index contributed by atoms with van der Waals surface area (Å²) in [4.78, 5) is 0. The van der Waals surface area contributed by atoms with Crippen LogP contribution >= 0.6 is 0 Å². The number of hydrogen-bond donors (Lipinski definition) is 2. The summed E-state index contributed by atoms with van der Waals surface area (Å²) < 4.78 is 6.11. The molecule has 0 bridgehead atoms. The molecule has 19 heavy (non-hydrogen) atoms. The Bertz CT molecular complexity index is 470.